The van der Waals surface area contributed by atoms with Crippen LogP contribution in [-0.4, -0.2) is 16.5 Å². The summed E-state index contributed by atoms with van der Waals surface area (Å²) in [5.41, 5.74) is 3.83. The Morgan fingerprint density at radius 1 is 1.32 bits per heavy atom. The molecule has 7 nitrogen and oxygen atoms in total. The maximum Gasteiger partial charge on any atom is 0.274 e. The second-order valence-corrected chi connectivity index (χ2v) is 4.77. The zero-order valence-corrected chi connectivity index (χ0v) is 12.4. The predicted octanol–water partition coefficient (Wildman–Crippen LogP) is 2.96. The largest absolute Gasteiger partial charge is 0.466 e. The van der Waals surface area contributed by atoms with Crippen molar-refractivity contribution in [2.24, 2.45) is 5.10 Å². The molecule has 1 N–H and O–H groups in total. The number of nitro benzene ring substituents is 1. The maximum atomic E-state index is 12.0. The molecule has 0 radical (unpaired) electrons. The fourth-order valence-corrected chi connectivity index (χ4v) is 1.96. The van der Waals surface area contributed by atoms with Crippen LogP contribution in [0.2, 0.25) is 0 Å². The molecule has 1 heterocycles. The molecule has 2 rings (SSSR count). The van der Waals surface area contributed by atoms with Crippen LogP contribution in [0.25, 0.3) is 0 Å². The lowest BCUT2D eigenvalue weighted by Gasteiger charge is -2.02. The van der Waals surface area contributed by atoms with E-state index in [1.54, 1.807) is 39.0 Å². The van der Waals surface area contributed by atoms with E-state index in [2.05, 4.69) is 10.5 Å². The SMILES string of the molecule is C/C(=N/NC(=O)c1cc(C)oc1C)c1cccc([N+](=O)[O-])c1. The average Bonchev–Trinajstić information content (AvgIpc) is 2.83. The lowest BCUT2D eigenvalue weighted by molar-refractivity contribution is -0.384. The normalized spacial score (nSPS) is 11.3. The summed E-state index contributed by atoms with van der Waals surface area (Å²) in [6.07, 6.45) is 0. The summed E-state index contributed by atoms with van der Waals surface area (Å²) >= 11 is 0. The van der Waals surface area contributed by atoms with Crippen molar-refractivity contribution in [3.05, 3.63) is 63.1 Å². The fourth-order valence-electron chi connectivity index (χ4n) is 1.96. The van der Waals surface area contributed by atoms with E-state index in [-0.39, 0.29) is 11.6 Å². The van der Waals surface area contributed by atoms with Crippen molar-refractivity contribution in [2.75, 3.05) is 0 Å². The Balaban J connectivity index is 2.16. The van der Waals surface area contributed by atoms with Crippen molar-refractivity contribution in [2.45, 2.75) is 20.8 Å². The molecule has 0 aliphatic rings. The minimum absolute atomic E-state index is 0.0281. The first-order valence-corrected chi connectivity index (χ1v) is 6.55. The second-order valence-electron chi connectivity index (χ2n) is 4.77. The summed E-state index contributed by atoms with van der Waals surface area (Å²) in [4.78, 5) is 22.3. The molecule has 0 aliphatic carbocycles. The summed E-state index contributed by atoms with van der Waals surface area (Å²) < 4.78 is 5.28. The number of benzene rings is 1. The maximum absolute atomic E-state index is 12.0. The first kappa shape index (κ1) is 15.4. The molecular formula is C15H15N3O4. The highest BCUT2D eigenvalue weighted by molar-refractivity contribution is 6.01. The van der Waals surface area contributed by atoms with Crippen molar-refractivity contribution in [1.82, 2.24) is 5.43 Å². The van der Waals surface area contributed by atoms with Gasteiger partial charge in [-0.05, 0) is 26.8 Å². The lowest BCUT2D eigenvalue weighted by atomic mass is 10.1. The number of aryl methyl sites for hydroxylation is 2. The van der Waals surface area contributed by atoms with Crippen LogP contribution in [0.1, 0.15) is 34.4 Å². The summed E-state index contributed by atoms with van der Waals surface area (Å²) in [5, 5.41) is 14.7. The Kier molecular flexibility index (Phi) is 4.36. The van der Waals surface area contributed by atoms with Crippen LogP contribution >= 0.6 is 0 Å². The van der Waals surface area contributed by atoms with Crippen molar-refractivity contribution in [3.8, 4) is 0 Å². The van der Waals surface area contributed by atoms with Crippen molar-refractivity contribution in [1.29, 1.82) is 0 Å². The number of carbonyl (C=O) groups is 1. The van der Waals surface area contributed by atoms with Crippen LogP contribution in [0.4, 0.5) is 5.69 Å². The third-order valence-electron chi connectivity index (χ3n) is 3.09. The topological polar surface area (TPSA) is 97.7 Å². The van der Waals surface area contributed by atoms with Gasteiger partial charge in [0, 0.05) is 17.7 Å². The van der Waals surface area contributed by atoms with Gasteiger partial charge in [0.1, 0.15) is 11.5 Å². The van der Waals surface area contributed by atoms with Gasteiger partial charge < -0.3 is 4.42 Å². The van der Waals surface area contributed by atoms with Gasteiger partial charge in [0.2, 0.25) is 0 Å². The fraction of sp³-hybridized carbons (Fsp3) is 0.200. The number of rotatable bonds is 4. The summed E-state index contributed by atoms with van der Waals surface area (Å²) in [5.74, 6) is 0.763. The van der Waals surface area contributed by atoms with Crippen molar-refractivity contribution in [3.63, 3.8) is 0 Å². The smallest absolute Gasteiger partial charge is 0.274 e. The molecule has 0 atom stereocenters. The van der Waals surface area contributed by atoms with Crippen LogP contribution < -0.4 is 5.43 Å². The molecule has 2 aromatic rings. The third-order valence-corrected chi connectivity index (χ3v) is 3.09. The van der Waals surface area contributed by atoms with Gasteiger partial charge in [-0.15, -0.1) is 0 Å². The molecular weight excluding hydrogens is 286 g/mol. The van der Waals surface area contributed by atoms with Gasteiger partial charge in [0.15, 0.2) is 0 Å². The quantitative estimate of drug-likeness (QED) is 0.533. The van der Waals surface area contributed by atoms with Crippen molar-refractivity contribution >= 4 is 17.3 Å². The monoisotopic (exact) mass is 301 g/mol. The van der Waals surface area contributed by atoms with Gasteiger partial charge in [-0.1, -0.05) is 12.1 Å². The van der Waals surface area contributed by atoms with Crippen LogP contribution in [0.15, 0.2) is 39.9 Å². The summed E-state index contributed by atoms with van der Waals surface area (Å²) in [6, 6.07) is 7.68. The van der Waals surface area contributed by atoms with E-state index < -0.39 is 4.92 Å². The van der Waals surface area contributed by atoms with E-state index in [1.807, 2.05) is 0 Å². The number of hydrazone groups is 1. The molecule has 0 fully saturated rings. The Morgan fingerprint density at radius 3 is 2.64 bits per heavy atom. The highest BCUT2D eigenvalue weighted by atomic mass is 16.6. The minimum atomic E-state index is -0.479. The van der Waals surface area contributed by atoms with Crippen LogP contribution in [0.3, 0.4) is 0 Å². The van der Waals surface area contributed by atoms with E-state index in [4.69, 9.17) is 4.42 Å². The van der Waals surface area contributed by atoms with Crippen LogP contribution in [-0.2, 0) is 0 Å². The molecule has 7 heteroatoms. The predicted molar refractivity (Wildman–Crippen MR) is 81.0 cm³/mol. The third kappa shape index (κ3) is 3.38. The summed E-state index contributed by atoms with van der Waals surface area (Å²) in [6.45, 7) is 5.10. The van der Waals surface area contributed by atoms with Gasteiger partial charge >= 0.3 is 0 Å². The molecule has 0 saturated carbocycles. The number of nitro groups is 1. The molecule has 22 heavy (non-hydrogen) atoms. The first-order chi connectivity index (χ1) is 10.4. The molecule has 0 saturated heterocycles. The first-order valence-electron chi connectivity index (χ1n) is 6.55. The average molecular weight is 301 g/mol. The number of carbonyl (C=O) groups excluding carboxylic acids is 1. The number of furan rings is 1. The van der Waals surface area contributed by atoms with Crippen LogP contribution in [0, 0.1) is 24.0 Å². The Hall–Kier alpha value is -2.96. The molecule has 1 amide bonds. The molecule has 114 valence electrons. The van der Waals surface area contributed by atoms with E-state index in [0.29, 0.717) is 28.4 Å². The molecule has 0 aliphatic heterocycles. The Bertz CT molecular complexity index is 762. The number of amides is 1. The minimum Gasteiger partial charge on any atom is -0.466 e. The second kappa shape index (κ2) is 6.21. The standard InChI is InChI=1S/C15H15N3O4/c1-9-7-14(11(3)22-9)15(19)17-16-10(2)12-5-4-6-13(8-12)18(20)21/h4-8H,1-3H3,(H,17,19)/b16-10-. The number of hydrogen-bond donors (Lipinski definition) is 1. The summed E-state index contributed by atoms with van der Waals surface area (Å²) in [7, 11) is 0. The molecule has 1 aromatic carbocycles. The molecule has 0 unspecified atom stereocenters. The number of non-ortho nitro benzene ring substituents is 1. The van der Waals surface area contributed by atoms with E-state index in [1.165, 1.54) is 12.1 Å². The molecule has 0 spiro atoms. The van der Waals surface area contributed by atoms with Crippen LogP contribution in [0.5, 0.6) is 0 Å². The van der Waals surface area contributed by atoms with E-state index >= 15 is 0 Å². The zero-order valence-electron chi connectivity index (χ0n) is 12.4. The lowest BCUT2D eigenvalue weighted by Crippen LogP contribution is -2.19. The van der Waals surface area contributed by atoms with Gasteiger partial charge in [-0.2, -0.15) is 5.10 Å². The van der Waals surface area contributed by atoms with E-state index in [0.717, 1.165) is 0 Å². The number of nitrogens with zero attached hydrogens (tertiary/aromatic N) is 2. The molecule has 1 aromatic heterocycles. The molecule has 0 bridgehead atoms. The Labute approximate surface area is 126 Å². The highest BCUT2D eigenvalue weighted by Gasteiger charge is 2.13. The van der Waals surface area contributed by atoms with Gasteiger partial charge in [-0.25, -0.2) is 5.43 Å². The Morgan fingerprint density at radius 2 is 2.05 bits per heavy atom. The zero-order chi connectivity index (χ0) is 16.3. The highest BCUT2D eigenvalue weighted by Crippen LogP contribution is 2.15. The van der Waals surface area contributed by atoms with Gasteiger partial charge in [-0.3, -0.25) is 14.9 Å². The number of hydrogen-bond acceptors (Lipinski definition) is 5. The van der Waals surface area contributed by atoms with E-state index in [9.17, 15) is 14.9 Å². The van der Waals surface area contributed by atoms with Gasteiger partial charge in [0.25, 0.3) is 11.6 Å². The van der Waals surface area contributed by atoms with Crippen molar-refractivity contribution < 1.29 is 14.1 Å². The van der Waals surface area contributed by atoms with Gasteiger partial charge in [0.05, 0.1) is 16.2 Å². The number of nitrogens with one attached hydrogen (secondary N) is 1.